The molecule has 0 aliphatic heterocycles. The van der Waals surface area contributed by atoms with Gasteiger partial charge in [0.25, 0.3) is 5.91 Å². The van der Waals surface area contributed by atoms with Gasteiger partial charge in [0.2, 0.25) is 0 Å². The summed E-state index contributed by atoms with van der Waals surface area (Å²) in [7, 11) is 1.55. The molecule has 0 fully saturated rings. The van der Waals surface area contributed by atoms with Gasteiger partial charge in [0.1, 0.15) is 0 Å². The molecule has 0 radical (unpaired) electrons. The van der Waals surface area contributed by atoms with Crippen molar-refractivity contribution in [2.24, 2.45) is 5.10 Å². The summed E-state index contributed by atoms with van der Waals surface area (Å²) in [5.74, 6) is -0.174. The second-order valence-electron chi connectivity index (χ2n) is 5.05. The summed E-state index contributed by atoms with van der Waals surface area (Å²) in [5.41, 5.74) is 3.75. The molecule has 128 valence electrons. The van der Waals surface area contributed by atoms with Crippen LogP contribution in [0.1, 0.15) is 24.0 Å². The maximum atomic E-state index is 12.1. The highest BCUT2D eigenvalue weighted by atomic mass is 16.5. The molecule has 0 saturated carbocycles. The van der Waals surface area contributed by atoms with Crippen LogP contribution in [0.3, 0.4) is 0 Å². The van der Waals surface area contributed by atoms with Crippen molar-refractivity contribution in [2.45, 2.75) is 12.8 Å². The number of nitriles is 1. The summed E-state index contributed by atoms with van der Waals surface area (Å²) in [6.07, 6.45) is 1.48. The Morgan fingerprint density at radius 3 is 2.68 bits per heavy atom. The number of rotatable bonds is 7. The molecular weight excluding hydrogens is 318 g/mol. The molecule has 2 aromatic rings. The second-order valence-corrected chi connectivity index (χ2v) is 5.05. The van der Waals surface area contributed by atoms with Gasteiger partial charge in [-0.2, -0.15) is 10.4 Å². The lowest BCUT2D eigenvalue weighted by Gasteiger charge is -2.09. The minimum absolute atomic E-state index is 0.483. The molecule has 0 spiro atoms. The molecule has 0 heterocycles. The van der Waals surface area contributed by atoms with Crippen molar-refractivity contribution >= 4 is 12.1 Å². The van der Waals surface area contributed by atoms with E-state index in [1.807, 2.05) is 19.1 Å². The van der Waals surface area contributed by atoms with E-state index in [9.17, 15) is 10.1 Å². The maximum Gasteiger partial charge on any atom is 0.261 e. The van der Waals surface area contributed by atoms with E-state index in [1.165, 1.54) is 6.21 Å². The fourth-order valence-corrected chi connectivity index (χ4v) is 2.20. The lowest BCUT2D eigenvalue weighted by molar-refractivity contribution is -0.121. The monoisotopic (exact) mass is 337 g/mol. The third-order valence-electron chi connectivity index (χ3n) is 3.40. The van der Waals surface area contributed by atoms with E-state index >= 15 is 0 Å². The van der Waals surface area contributed by atoms with Crippen molar-refractivity contribution in [1.82, 2.24) is 5.43 Å². The predicted octanol–water partition coefficient (Wildman–Crippen LogP) is 2.85. The summed E-state index contributed by atoms with van der Waals surface area (Å²) in [6, 6.07) is 16.1. The fraction of sp³-hybridized carbons (Fsp3) is 0.211. The predicted molar refractivity (Wildman–Crippen MR) is 94.7 cm³/mol. The van der Waals surface area contributed by atoms with Crippen LogP contribution in [-0.2, 0) is 4.79 Å². The molecule has 1 N–H and O–H groups in total. The standard InChI is InChI=1S/C19H19N3O3/c1-3-25-17-10-9-14(11-18(17)24-2)13-21-22-19(23)16(12-20)15-7-5-4-6-8-15/h4-11,13,16H,3H2,1-2H3,(H,22,23)/b21-13-/t16-/m1/s1. The Morgan fingerprint density at radius 1 is 1.28 bits per heavy atom. The number of hydrazone groups is 1. The molecule has 0 aliphatic rings. The fourth-order valence-electron chi connectivity index (χ4n) is 2.20. The first kappa shape index (κ1) is 18.0. The molecular formula is C19H19N3O3. The molecule has 1 atom stereocenters. The minimum Gasteiger partial charge on any atom is -0.493 e. The second kappa shape index (κ2) is 9.08. The van der Waals surface area contributed by atoms with Crippen LogP contribution in [0, 0.1) is 11.3 Å². The SMILES string of the molecule is CCOc1ccc(/C=N\NC(=O)[C@H](C#N)c2ccccc2)cc1OC. The molecule has 0 bridgehead atoms. The van der Waals surface area contributed by atoms with Crippen molar-refractivity contribution in [3.63, 3.8) is 0 Å². The zero-order valence-electron chi connectivity index (χ0n) is 14.1. The number of amides is 1. The van der Waals surface area contributed by atoms with Crippen LogP contribution in [0.4, 0.5) is 0 Å². The highest BCUT2D eigenvalue weighted by molar-refractivity contribution is 5.88. The van der Waals surface area contributed by atoms with Gasteiger partial charge in [-0.15, -0.1) is 0 Å². The third-order valence-corrected chi connectivity index (χ3v) is 3.40. The smallest absolute Gasteiger partial charge is 0.261 e. The van der Waals surface area contributed by atoms with E-state index in [-0.39, 0.29) is 0 Å². The normalized spacial score (nSPS) is 11.6. The average Bonchev–Trinajstić information content (AvgIpc) is 2.64. The summed E-state index contributed by atoms with van der Waals surface area (Å²) in [6.45, 7) is 2.43. The Morgan fingerprint density at radius 2 is 2.04 bits per heavy atom. The van der Waals surface area contributed by atoms with Crippen LogP contribution in [0.5, 0.6) is 11.5 Å². The summed E-state index contributed by atoms with van der Waals surface area (Å²) < 4.78 is 10.7. The molecule has 25 heavy (non-hydrogen) atoms. The van der Waals surface area contributed by atoms with Gasteiger partial charge in [-0.3, -0.25) is 4.79 Å². The zero-order valence-corrected chi connectivity index (χ0v) is 14.1. The molecule has 0 saturated heterocycles. The van der Waals surface area contributed by atoms with E-state index in [0.717, 1.165) is 5.56 Å². The molecule has 1 amide bonds. The number of carbonyl (C=O) groups is 1. The molecule has 6 nitrogen and oxygen atoms in total. The van der Waals surface area contributed by atoms with Gasteiger partial charge in [0.05, 0.1) is 26.0 Å². The number of carbonyl (C=O) groups excluding carboxylic acids is 1. The van der Waals surface area contributed by atoms with E-state index in [2.05, 4.69) is 10.5 Å². The lowest BCUT2D eigenvalue weighted by Crippen LogP contribution is -2.24. The van der Waals surface area contributed by atoms with E-state index in [1.54, 1.807) is 49.6 Å². The molecule has 0 unspecified atom stereocenters. The van der Waals surface area contributed by atoms with Crippen molar-refractivity contribution in [3.8, 4) is 17.6 Å². The largest absolute Gasteiger partial charge is 0.493 e. The number of hydrogen-bond donors (Lipinski definition) is 1. The van der Waals surface area contributed by atoms with E-state index in [0.29, 0.717) is 23.7 Å². The third kappa shape index (κ3) is 4.82. The zero-order chi connectivity index (χ0) is 18.1. The Bertz CT molecular complexity index is 782. The number of methoxy groups -OCH3 is 1. The van der Waals surface area contributed by atoms with Crippen molar-refractivity contribution < 1.29 is 14.3 Å². The molecule has 0 aromatic heterocycles. The Labute approximate surface area is 146 Å². The van der Waals surface area contributed by atoms with Crippen LogP contribution >= 0.6 is 0 Å². The van der Waals surface area contributed by atoms with E-state index in [4.69, 9.17) is 9.47 Å². The average molecular weight is 337 g/mol. The van der Waals surface area contributed by atoms with Crippen LogP contribution in [0.2, 0.25) is 0 Å². The Hall–Kier alpha value is -3.33. The quantitative estimate of drug-likeness (QED) is 0.622. The highest BCUT2D eigenvalue weighted by Gasteiger charge is 2.19. The lowest BCUT2D eigenvalue weighted by atomic mass is 10.0. The van der Waals surface area contributed by atoms with Gasteiger partial charge in [-0.1, -0.05) is 30.3 Å². The van der Waals surface area contributed by atoms with Crippen molar-refractivity contribution in [2.75, 3.05) is 13.7 Å². The topological polar surface area (TPSA) is 83.7 Å². The van der Waals surface area contributed by atoms with Crippen molar-refractivity contribution in [3.05, 3.63) is 59.7 Å². The van der Waals surface area contributed by atoms with Crippen molar-refractivity contribution in [1.29, 1.82) is 5.26 Å². The number of benzene rings is 2. The van der Waals surface area contributed by atoms with Crippen LogP contribution in [0.25, 0.3) is 0 Å². The minimum atomic E-state index is -0.909. The van der Waals surface area contributed by atoms with E-state index < -0.39 is 11.8 Å². The molecule has 2 rings (SSSR count). The Balaban J connectivity index is 2.05. The summed E-state index contributed by atoms with van der Waals surface area (Å²) >= 11 is 0. The first-order valence-electron chi connectivity index (χ1n) is 7.78. The van der Waals surface area contributed by atoms with Gasteiger partial charge < -0.3 is 9.47 Å². The van der Waals surface area contributed by atoms with Gasteiger partial charge in [0, 0.05) is 0 Å². The molecule has 0 aliphatic carbocycles. The number of ether oxygens (including phenoxy) is 2. The number of nitrogens with one attached hydrogen (secondary N) is 1. The Kier molecular flexibility index (Phi) is 6.55. The summed E-state index contributed by atoms with van der Waals surface area (Å²) in [5, 5.41) is 13.1. The highest BCUT2D eigenvalue weighted by Crippen LogP contribution is 2.27. The van der Waals surface area contributed by atoms with Crippen LogP contribution < -0.4 is 14.9 Å². The van der Waals surface area contributed by atoms with Gasteiger partial charge in [-0.05, 0) is 36.2 Å². The number of nitrogens with zero attached hydrogens (tertiary/aromatic N) is 2. The first-order valence-corrected chi connectivity index (χ1v) is 7.78. The molecule has 6 heteroatoms. The van der Waals surface area contributed by atoms with Gasteiger partial charge >= 0.3 is 0 Å². The first-order chi connectivity index (χ1) is 12.2. The summed E-state index contributed by atoms with van der Waals surface area (Å²) in [4.78, 5) is 12.1. The van der Waals surface area contributed by atoms with Gasteiger partial charge in [-0.25, -0.2) is 5.43 Å². The van der Waals surface area contributed by atoms with Gasteiger partial charge in [0.15, 0.2) is 17.4 Å². The van der Waals surface area contributed by atoms with Crippen LogP contribution in [-0.4, -0.2) is 25.8 Å². The van der Waals surface area contributed by atoms with Crippen LogP contribution in [0.15, 0.2) is 53.6 Å². The number of hydrogen-bond acceptors (Lipinski definition) is 5. The maximum absolute atomic E-state index is 12.1. The molecule has 2 aromatic carbocycles.